The third kappa shape index (κ3) is 3.74. The minimum absolute atomic E-state index is 0.0280. The third-order valence-electron chi connectivity index (χ3n) is 4.32. The van der Waals surface area contributed by atoms with E-state index in [1.54, 1.807) is 10.7 Å². The van der Waals surface area contributed by atoms with Crippen molar-refractivity contribution in [3.8, 4) is 11.5 Å². The Labute approximate surface area is 146 Å². The van der Waals surface area contributed by atoms with Gasteiger partial charge in [-0.1, -0.05) is 12.8 Å². The number of tetrazole rings is 1. The smallest absolute Gasteiger partial charge is 0.241 e. The maximum atomic E-state index is 12.5. The molecule has 2 aromatic rings. The van der Waals surface area contributed by atoms with Gasteiger partial charge in [0, 0.05) is 6.07 Å². The fourth-order valence-electron chi connectivity index (χ4n) is 2.99. The molecule has 136 valence electrons. The summed E-state index contributed by atoms with van der Waals surface area (Å²) in [5, 5.41) is 11.6. The molecule has 0 saturated heterocycles. The summed E-state index contributed by atoms with van der Waals surface area (Å²) in [6.45, 7) is 0.0280. The monoisotopic (exact) mass is 367 g/mol. The normalized spacial score (nSPS) is 15.4. The van der Waals surface area contributed by atoms with Crippen LogP contribution in [0.3, 0.4) is 0 Å². The number of sulfonamides is 1. The lowest BCUT2D eigenvalue weighted by Crippen LogP contribution is -2.26. The molecule has 0 spiro atoms. The molecular weight excluding hydrogens is 346 g/mol. The first-order valence-corrected chi connectivity index (χ1v) is 9.52. The summed E-state index contributed by atoms with van der Waals surface area (Å²) in [5.41, 5.74) is 0. The van der Waals surface area contributed by atoms with E-state index in [2.05, 4.69) is 20.2 Å². The number of ether oxygens (including phenoxy) is 2. The molecule has 0 radical (unpaired) electrons. The van der Waals surface area contributed by atoms with Crippen molar-refractivity contribution in [1.82, 2.24) is 24.9 Å². The number of methoxy groups -OCH3 is 2. The summed E-state index contributed by atoms with van der Waals surface area (Å²) in [4.78, 5) is 0.0880. The topological polar surface area (TPSA) is 108 Å². The molecule has 0 bridgehead atoms. The van der Waals surface area contributed by atoms with Crippen LogP contribution in [0.15, 0.2) is 23.1 Å². The van der Waals surface area contributed by atoms with E-state index in [9.17, 15) is 8.42 Å². The Morgan fingerprint density at radius 1 is 1.20 bits per heavy atom. The second-order valence-electron chi connectivity index (χ2n) is 5.82. The van der Waals surface area contributed by atoms with Crippen LogP contribution in [-0.2, 0) is 16.6 Å². The maximum Gasteiger partial charge on any atom is 0.241 e. The average molecular weight is 367 g/mol. The first-order valence-electron chi connectivity index (χ1n) is 8.03. The minimum Gasteiger partial charge on any atom is -0.493 e. The van der Waals surface area contributed by atoms with Crippen LogP contribution in [0.2, 0.25) is 0 Å². The van der Waals surface area contributed by atoms with Crippen molar-refractivity contribution in [2.24, 2.45) is 0 Å². The second-order valence-corrected chi connectivity index (χ2v) is 7.59. The average Bonchev–Trinajstić information content (AvgIpc) is 3.30. The minimum atomic E-state index is -3.73. The molecule has 1 aliphatic rings. The molecular formula is C15H21N5O4S. The quantitative estimate of drug-likeness (QED) is 0.785. The van der Waals surface area contributed by atoms with E-state index in [1.807, 2.05) is 0 Å². The summed E-state index contributed by atoms with van der Waals surface area (Å²) in [6, 6.07) is 4.68. The van der Waals surface area contributed by atoms with Crippen molar-refractivity contribution in [3.63, 3.8) is 0 Å². The molecule has 1 heterocycles. The highest BCUT2D eigenvalue weighted by Crippen LogP contribution is 2.30. The molecule has 1 fully saturated rings. The van der Waals surface area contributed by atoms with E-state index in [0.29, 0.717) is 17.3 Å². The number of aromatic nitrogens is 4. The molecule has 1 saturated carbocycles. The summed E-state index contributed by atoms with van der Waals surface area (Å²) in [6.07, 6.45) is 4.31. The van der Waals surface area contributed by atoms with Crippen molar-refractivity contribution < 1.29 is 17.9 Å². The van der Waals surface area contributed by atoms with Gasteiger partial charge in [0.1, 0.15) is 0 Å². The molecule has 0 amide bonds. The zero-order chi connectivity index (χ0) is 17.9. The molecule has 25 heavy (non-hydrogen) atoms. The van der Waals surface area contributed by atoms with Crippen molar-refractivity contribution in [2.45, 2.75) is 43.2 Å². The van der Waals surface area contributed by atoms with Gasteiger partial charge >= 0.3 is 0 Å². The van der Waals surface area contributed by atoms with Gasteiger partial charge in [0.2, 0.25) is 10.0 Å². The van der Waals surface area contributed by atoms with Crippen LogP contribution in [0.4, 0.5) is 0 Å². The predicted molar refractivity (Wildman–Crippen MR) is 88.9 cm³/mol. The van der Waals surface area contributed by atoms with Crippen molar-refractivity contribution in [1.29, 1.82) is 0 Å². The van der Waals surface area contributed by atoms with Gasteiger partial charge in [0.05, 0.1) is 31.7 Å². The van der Waals surface area contributed by atoms with E-state index in [0.717, 1.165) is 25.7 Å². The maximum absolute atomic E-state index is 12.5. The lowest BCUT2D eigenvalue weighted by molar-refractivity contribution is 0.354. The highest BCUT2D eigenvalue weighted by atomic mass is 32.2. The highest BCUT2D eigenvalue weighted by Gasteiger charge is 2.23. The van der Waals surface area contributed by atoms with Gasteiger partial charge in [-0.3, -0.25) is 0 Å². The van der Waals surface area contributed by atoms with Gasteiger partial charge < -0.3 is 9.47 Å². The van der Waals surface area contributed by atoms with Crippen molar-refractivity contribution in [2.75, 3.05) is 14.2 Å². The molecule has 1 aromatic carbocycles. The van der Waals surface area contributed by atoms with Gasteiger partial charge in [0.25, 0.3) is 0 Å². The van der Waals surface area contributed by atoms with Crippen LogP contribution < -0.4 is 14.2 Å². The molecule has 3 rings (SSSR count). The van der Waals surface area contributed by atoms with Crippen molar-refractivity contribution >= 4 is 10.0 Å². The van der Waals surface area contributed by atoms with E-state index in [1.165, 1.54) is 26.4 Å². The van der Waals surface area contributed by atoms with Crippen LogP contribution in [0.25, 0.3) is 0 Å². The number of nitrogens with zero attached hydrogens (tertiary/aromatic N) is 4. The summed E-state index contributed by atoms with van der Waals surface area (Å²) < 4.78 is 39.6. The molecule has 0 atom stereocenters. The molecule has 1 aromatic heterocycles. The fourth-order valence-corrected chi connectivity index (χ4v) is 3.98. The van der Waals surface area contributed by atoms with Crippen molar-refractivity contribution in [3.05, 3.63) is 24.0 Å². The SMILES string of the molecule is COc1ccc(S(=O)(=O)NCc2nnnn2C2CCCC2)cc1OC. The highest BCUT2D eigenvalue weighted by molar-refractivity contribution is 7.89. The van der Waals surface area contributed by atoms with Gasteiger partial charge in [0.15, 0.2) is 17.3 Å². The number of nitrogens with one attached hydrogen (secondary N) is 1. The van der Waals surface area contributed by atoms with Crippen LogP contribution in [0, 0.1) is 0 Å². The predicted octanol–water partition coefficient (Wildman–Crippen LogP) is 1.28. The summed E-state index contributed by atoms with van der Waals surface area (Å²) >= 11 is 0. The first kappa shape index (κ1) is 17.6. The molecule has 1 aliphatic carbocycles. The number of hydrogen-bond donors (Lipinski definition) is 1. The Hall–Kier alpha value is -2.20. The zero-order valence-corrected chi connectivity index (χ0v) is 15.0. The molecule has 0 aliphatic heterocycles. The van der Waals surface area contributed by atoms with Crippen LogP contribution >= 0.6 is 0 Å². The lowest BCUT2D eigenvalue weighted by Gasteiger charge is -2.13. The Morgan fingerprint density at radius 2 is 1.92 bits per heavy atom. The summed E-state index contributed by atoms with van der Waals surface area (Å²) in [5.74, 6) is 1.32. The second kappa shape index (κ2) is 7.36. The number of benzene rings is 1. The van der Waals surface area contributed by atoms with Crippen LogP contribution in [0.1, 0.15) is 37.5 Å². The Balaban J connectivity index is 1.75. The van der Waals surface area contributed by atoms with Crippen LogP contribution in [0.5, 0.6) is 11.5 Å². The lowest BCUT2D eigenvalue weighted by atomic mass is 10.2. The van der Waals surface area contributed by atoms with E-state index < -0.39 is 10.0 Å². The molecule has 1 N–H and O–H groups in total. The molecule has 0 unspecified atom stereocenters. The van der Waals surface area contributed by atoms with Gasteiger partial charge in [-0.15, -0.1) is 5.10 Å². The fraction of sp³-hybridized carbons (Fsp3) is 0.533. The Morgan fingerprint density at radius 3 is 2.60 bits per heavy atom. The number of hydrogen-bond acceptors (Lipinski definition) is 7. The van der Waals surface area contributed by atoms with Gasteiger partial charge in [-0.25, -0.2) is 17.8 Å². The largest absolute Gasteiger partial charge is 0.493 e. The Bertz CT molecular complexity index is 830. The standard InChI is InChI=1S/C15H21N5O4S/c1-23-13-8-7-12(9-14(13)24-2)25(21,22)16-10-15-17-18-19-20(15)11-5-3-4-6-11/h7-9,11,16H,3-6,10H2,1-2H3. The Kier molecular flexibility index (Phi) is 5.19. The molecule has 10 heteroatoms. The summed E-state index contributed by atoms with van der Waals surface area (Å²) in [7, 11) is -0.780. The van der Waals surface area contributed by atoms with E-state index in [4.69, 9.17) is 9.47 Å². The van der Waals surface area contributed by atoms with Gasteiger partial charge in [-0.05, 0) is 35.4 Å². The van der Waals surface area contributed by atoms with E-state index in [-0.39, 0.29) is 17.5 Å². The zero-order valence-electron chi connectivity index (χ0n) is 14.2. The van der Waals surface area contributed by atoms with Crippen LogP contribution in [-0.4, -0.2) is 42.8 Å². The molecule has 9 nitrogen and oxygen atoms in total. The van der Waals surface area contributed by atoms with Gasteiger partial charge in [-0.2, -0.15) is 0 Å². The first-order chi connectivity index (χ1) is 12.0. The third-order valence-corrected chi connectivity index (χ3v) is 5.72. The van der Waals surface area contributed by atoms with E-state index >= 15 is 0 Å². The number of rotatable bonds is 7.